The molecule has 5 nitrogen and oxygen atoms in total. The summed E-state index contributed by atoms with van der Waals surface area (Å²) >= 11 is 7.71. The van der Waals surface area contributed by atoms with Crippen LogP contribution < -0.4 is 15.5 Å². The van der Waals surface area contributed by atoms with E-state index in [1.807, 2.05) is 69.3 Å². The molecule has 0 aliphatic heterocycles. The van der Waals surface area contributed by atoms with Crippen molar-refractivity contribution in [2.24, 2.45) is 4.99 Å². The van der Waals surface area contributed by atoms with Crippen LogP contribution in [-0.4, -0.2) is 16.5 Å². The van der Waals surface area contributed by atoms with Gasteiger partial charge in [-0.2, -0.15) is 0 Å². The molecule has 0 aliphatic rings. The predicted molar refractivity (Wildman–Crippen MR) is 113 cm³/mol. The highest BCUT2D eigenvalue weighted by Crippen LogP contribution is 2.22. The van der Waals surface area contributed by atoms with Crippen molar-refractivity contribution in [2.75, 3.05) is 11.9 Å². The van der Waals surface area contributed by atoms with E-state index in [4.69, 9.17) is 26.7 Å². The van der Waals surface area contributed by atoms with Gasteiger partial charge in [-0.25, -0.2) is 8.95 Å². The number of rotatable bonds is 4. The van der Waals surface area contributed by atoms with E-state index in [0.29, 0.717) is 23.1 Å². The summed E-state index contributed by atoms with van der Waals surface area (Å²) in [6, 6.07) is 15.1. The van der Waals surface area contributed by atoms with Gasteiger partial charge in [0.25, 0.3) is 0 Å². The van der Waals surface area contributed by atoms with E-state index < -0.39 is 0 Å². The molecule has 0 saturated carbocycles. The number of hydrogen-bond donors (Lipinski definition) is 2. The van der Waals surface area contributed by atoms with Gasteiger partial charge in [0.2, 0.25) is 5.96 Å². The van der Waals surface area contributed by atoms with Gasteiger partial charge in [-0.3, -0.25) is 5.41 Å². The van der Waals surface area contributed by atoms with Crippen molar-refractivity contribution in [3.63, 3.8) is 0 Å². The second-order valence-corrected chi connectivity index (χ2v) is 7.58. The molecule has 0 aliphatic carbocycles. The minimum atomic E-state index is 0.368. The van der Waals surface area contributed by atoms with Crippen LogP contribution >= 0.6 is 23.1 Å². The van der Waals surface area contributed by atoms with Gasteiger partial charge < -0.3 is 10.1 Å². The summed E-state index contributed by atoms with van der Waals surface area (Å²) in [6.45, 7) is 6.50. The quantitative estimate of drug-likeness (QED) is 0.458. The molecule has 7 heteroatoms. The SMILES string of the molecule is CCOc1ccc(N=C(Nc2ccc(C)c(Cl)c2)n2sc(C)cc2=N)cc1. The molecule has 0 fully saturated rings. The normalized spacial score (nSPS) is 11.5. The average molecular weight is 401 g/mol. The van der Waals surface area contributed by atoms with E-state index in [-0.39, 0.29) is 0 Å². The molecule has 2 aromatic carbocycles. The summed E-state index contributed by atoms with van der Waals surface area (Å²) < 4.78 is 7.23. The van der Waals surface area contributed by atoms with Gasteiger partial charge in [0, 0.05) is 15.6 Å². The van der Waals surface area contributed by atoms with Crippen molar-refractivity contribution in [1.29, 1.82) is 5.41 Å². The van der Waals surface area contributed by atoms with E-state index in [1.54, 1.807) is 3.96 Å². The highest BCUT2D eigenvalue weighted by Gasteiger charge is 2.09. The highest BCUT2D eigenvalue weighted by molar-refractivity contribution is 7.07. The van der Waals surface area contributed by atoms with Crippen LogP contribution in [0.4, 0.5) is 11.4 Å². The molecule has 0 unspecified atom stereocenters. The Balaban J connectivity index is 2.00. The Bertz CT molecular complexity index is 1020. The maximum Gasteiger partial charge on any atom is 0.223 e. The second kappa shape index (κ2) is 8.41. The molecular formula is C20H21ClN4OS. The Hall–Kier alpha value is -2.57. The minimum absolute atomic E-state index is 0.368. The van der Waals surface area contributed by atoms with Gasteiger partial charge in [0.1, 0.15) is 11.2 Å². The lowest BCUT2D eigenvalue weighted by atomic mass is 10.2. The highest BCUT2D eigenvalue weighted by atomic mass is 35.5. The zero-order chi connectivity index (χ0) is 19.4. The molecule has 0 radical (unpaired) electrons. The molecule has 0 atom stereocenters. The number of anilines is 1. The maximum absolute atomic E-state index is 8.23. The van der Waals surface area contributed by atoms with Crippen LogP contribution in [0.1, 0.15) is 17.4 Å². The van der Waals surface area contributed by atoms with Crippen molar-refractivity contribution < 1.29 is 4.74 Å². The average Bonchev–Trinajstić information content (AvgIpc) is 2.98. The Morgan fingerprint density at radius 1 is 1.19 bits per heavy atom. The number of ether oxygens (including phenoxy) is 1. The molecule has 0 saturated heterocycles. The summed E-state index contributed by atoms with van der Waals surface area (Å²) in [4.78, 5) is 5.74. The van der Waals surface area contributed by atoms with E-state index in [0.717, 1.165) is 27.6 Å². The predicted octanol–water partition coefficient (Wildman–Crippen LogP) is 5.35. The molecule has 3 aromatic rings. The number of hydrogen-bond acceptors (Lipinski definition) is 4. The first-order valence-corrected chi connectivity index (χ1v) is 9.71. The van der Waals surface area contributed by atoms with Crippen molar-refractivity contribution in [3.8, 4) is 5.75 Å². The summed E-state index contributed by atoms with van der Waals surface area (Å²) in [5, 5.41) is 12.2. The summed E-state index contributed by atoms with van der Waals surface area (Å²) in [5.74, 6) is 1.35. The van der Waals surface area contributed by atoms with Crippen LogP contribution in [0.15, 0.2) is 53.5 Å². The van der Waals surface area contributed by atoms with Crippen molar-refractivity contribution in [1.82, 2.24) is 3.96 Å². The lowest BCUT2D eigenvalue weighted by molar-refractivity contribution is 0.340. The fraction of sp³-hybridized carbons (Fsp3) is 0.200. The van der Waals surface area contributed by atoms with Crippen LogP contribution in [0.3, 0.4) is 0 Å². The van der Waals surface area contributed by atoms with Gasteiger partial charge in [-0.05, 0) is 68.8 Å². The molecule has 0 amide bonds. The molecule has 27 heavy (non-hydrogen) atoms. The maximum atomic E-state index is 8.23. The second-order valence-electron chi connectivity index (χ2n) is 5.98. The van der Waals surface area contributed by atoms with Gasteiger partial charge in [0.05, 0.1) is 12.3 Å². The van der Waals surface area contributed by atoms with Crippen LogP contribution in [0.25, 0.3) is 0 Å². The number of benzene rings is 2. The first kappa shape index (κ1) is 19.2. The Morgan fingerprint density at radius 3 is 2.52 bits per heavy atom. The third-order valence-electron chi connectivity index (χ3n) is 3.80. The number of nitrogens with one attached hydrogen (secondary N) is 2. The number of aryl methyl sites for hydroxylation is 2. The molecule has 3 rings (SSSR count). The minimum Gasteiger partial charge on any atom is -0.494 e. The summed E-state index contributed by atoms with van der Waals surface area (Å²) in [5.41, 5.74) is 2.95. The van der Waals surface area contributed by atoms with Crippen molar-refractivity contribution in [3.05, 3.63) is 69.5 Å². The van der Waals surface area contributed by atoms with E-state index in [2.05, 4.69) is 5.32 Å². The lowest BCUT2D eigenvalue weighted by Crippen LogP contribution is -2.28. The fourth-order valence-corrected chi connectivity index (χ4v) is 3.41. The van der Waals surface area contributed by atoms with Crippen molar-refractivity contribution >= 4 is 40.5 Å². The Labute approximate surface area is 167 Å². The third-order valence-corrected chi connectivity index (χ3v) is 5.16. The monoisotopic (exact) mass is 400 g/mol. The molecule has 1 heterocycles. The molecule has 0 spiro atoms. The number of nitrogens with zero attached hydrogens (tertiary/aromatic N) is 2. The van der Waals surface area contributed by atoms with E-state index >= 15 is 0 Å². The van der Waals surface area contributed by atoms with Crippen molar-refractivity contribution in [2.45, 2.75) is 20.8 Å². The molecule has 1 aromatic heterocycles. The summed E-state index contributed by atoms with van der Waals surface area (Å²) in [6.07, 6.45) is 0. The Morgan fingerprint density at radius 2 is 1.93 bits per heavy atom. The third kappa shape index (κ3) is 4.78. The zero-order valence-electron chi connectivity index (χ0n) is 15.4. The van der Waals surface area contributed by atoms with Gasteiger partial charge in [-0.15, -0.1) is 0 Å². The first-order valence-electron chi connectivity index (χ1n) is 8.56. The molecule has 0 bridgehead atoms. The van der Waals surface area contributed by atoms with Crippen LogP contribution in [-0.2, 0) is 0 Å². The molecule has 140 valence electrons. The van der Waals surface area contributed by atoms with Crippen LogP contribution in [0.2, 0.25) is 5.02 Å². The first-order chi connectivity index (χ1) is 13.0. The van der Waals surface area contributed by atoms with Gasteiger partial charge in [-0.1, -0.05) is 29.2 Å². The van der Waals surface area contributed by atoms with Crippen LogP contribution in [0, 0.1) is 19.3 Å². The Kier molecular flexibility index (Phi) is 5.98. The van der Waals surface area contributed by atoms with Crippen LogP contribution in [0.5, 0.6) is 5.75 Å². The number of aliphatic imine (C=N–C) groups is 1. The summed E-state index contributed by atoms with van der Waals surface area (Å²) in [7, 11) is 0. The fourth-order valence-electron chi connectivity index (χ4n) is 2.46. The standard InChI is InChI=1S/C20H21ClN4OS/c1-4-26-17-9-7-15(8-10-17)23-20(25-19(22)11-14(3)27-25)24-16-6-5-13(2)18(21)12-16/h5-12,22H,4H2,1-3H3,(H,23,24). The number of halogens is 1. The molecular weight excluding hydrogens is 380 g/mol. The largest absolute Gasteiger partial charge is 0.494 e. The lowest BCUT2D eigenvalue weighted by Gasteiger charge is -2.12. The molecule has 2 N–H and O–H groups in total. The zero-order valence-corrected chi connectivity index (χ0v) is 17.0. The van der Waals surface area contributed by atoms with Gasteiger partial charge >= 0.3 is 0 Å². The smallest absolute Gasteiger partial charge is 0.223 e. The van der Waals surface area contributed by atoms with Gasteiger partial charge in [0.15, 0.2) is 0 Å². The topological polar surface area (TPSA) is 62.4 Å². The van der Waals surface area contributed by atoms with E-state index in [9.17, 15) is 0 Å². The van der Waals surface area contributed by atoms with E-state index in [1.165, 1.54) is 11.5 Å². The number of aromatic nitrogens is 1.